The summed E-state index contributed by atoms with van der Waals surface area (Å²) in [5.41, 5.74) is 6.90. The fraction of sp³-hybridized carbons (Fsp3) is 0.286. The number of benzene rings is 1. The second kappa shape index (κ2) is 6.21. The second-order valence-corrected chi connectivity index (χ2v) is 7.48. The highest BCUT2D eigenvalue weighted by molar-refractivity contribution is 9.10. The molecule has 5 nitrogen and oxygen atoms in total. The number of hydrogen-bond donors (Lipinski definition) is 1. The number of nitrogen functional groups attached to an aromatic ring is 1. The predicted octanol–water partition coefficient (Wildman–Crippen LogP) is 3.01. The van der Waals surface area contributed by atoms with Gasteiger partial charge in [0.2, 0.25) is 10.0 Å². The van der Waals surface area contributed by atoms with E-state index in [0.717, 1.165) is 5.56 Å². The topological polar surface area (TPSA) is 76.5 Å². The van der Waals surface area contributed by atoms with E-state index in [9.17, 15) is 8.42 Å². The molecule has 7 heteroatoms. The van der Waals surface area contributed by atoms with Gasteiger partial charge >= 0.3 is 0 Å². The van der Waals surface area contributed by atoms with E-state index in [0.29, 0.717) is 22.5 Å². The minimum absolute atomic E-state index is 0.159. The number of nitrogens with two attached hydrogens (primary N) is 1. The van der Waals surface area contributed by atoms with Gasteiger partial charge in [-0.3, -0.25) is 0 Å². The lowest BCUT2D eigenvalue weighted by atomic mass is 10.1. The average Bonchev–Trinajstić information content (AvgIpc) is 2.84. The number of rotatable bonds is 5. The summed E-state index contributed by atoms with van der Waals surface area (Å²) in [4.78, 5) is 0.248. The van der Waals surface area contributed by atoms with Crippen molar-refractivity contribution in [1.82, 2.24) is 4.31 Å². The highest BCUT2D eigenvalue weighted by Crippen LogP contribution is 2.24. The smallest absolute Gasteiger partial charge is 0.243 e. The molecule has 0 aliphatic rings. The number of furan rings is 1. The van der Waals surface area contributed by atoms with Crippen molar-refractivity contribution in [3.05, 3.63) is 46.3 Å². The Labute approximate surface area is 132 Å². The standard InChI is InChI=1S/C14H17BrN2O3S/c1-3-10-4-5-11(16)8-13(10)21(18,19)17(2)9-12-6-7-14(15)20-12/h4-8H,3,9,16H2,1-2H3. The fourth-order valence-corrected chi connectivity index (χ4v) is 3.81. The Morgan fingerprint density at radius 1 is 1.29 bits per heavy atom. The molecular weight excluding hydrogens is 356 g/mol. The quantitative estimate of drug-likeness (QED) is 0.818. The van der Waals surface area contributed by atoms with Gasteiger partial charge in [0.05, 0.1) is 11.4 Å². The molecule has 2 aromatic rings. The molecule has 1 aromatic heterocycles. The number of nitrogens with zero attached hydrogens (tertiary/aromatic N) is 1. The summed E-state index contributed by atoms with van der Waals surface area (Å²) in [5.74, 6) is 0.565. The van der Waals surface area contributed by atoms with E-state index in [1.807, 2.05) is 6.92 Å². The average molecular weight is 373 g/mol. The Morgan fingerprint density at radius 2 is 2.00 bits per heavy atom. The van der Waals surface area contributed by atoms with E-state index in [4.69, 9.17) is 10.2 Å². The second-order valence-electron chi connectivity index (χ2n) is 4.69. The Morgan fingerprint density at radius 3 is 2.57 bits per heavy atom. The zero-order valence-corrected chi connectivity index (χ0v) is 14.2. The zero-order chi connectivity index (χ0) is 15.6. The Bertz CT molecular complexity index is 740. The van der Waals surface area contributed by atoms with Crippen LogP contribution in [-0.4, -0.2) is 19.8 Å². The summed E-state index contributed by atoms with van der Waals surface area (Å²) in [6, 6.07) is 8.42. The van der Waals surface area contributed by atoms with Gasteiger partial charge in [0.15, 0.2) is 4.67 Å². The van der Waals surface area contributed by atoms with Gasteiger partial charge in [-0.05, 0) is 52.2 Å². The molecule has 2 rings (SSSR count). The van der Waals surface area contributed by atoms with Crippen LogP contribution >= 0.6 is 15.9 Å². The van der Waals surface area contributed by atoms with Crippen LogP contribution in [0.4, 0.5) is 5.69 Å². The highest BCUT2D eigenvalue weighted by Gasteiger charge is 2.24. The molecule has 0 aliphatic carbocycles. The van der Waals surface area contributed by atoms with E-state index in [2.05, 4.69) is 15.9 Å². The van der Waals surface area contributed by atoms with Crippen molar-refractivity contribution in [3.8, 4) is 0 Å². The fourth-order valence-electron chi connectivity index (χ4n) is 2.01. The minimum Gasteiger partial charge on any atom is -0.453 e. The lowest BCUT2D eigenvalue weighted by Crippen LogP contribution is -2.27. The van der Waals surface area contributed by atoms with Crippen molar-refractivity contribution in [2.45, 2.75) is 24.8 Å². The van der Waals surface area contributed by atoms with Gasteiger partial charge < -0.3 is 10.2 Å². The van der Waals surface area contributed by atoms with Crippen LogP contribution in [-0.2, 0) is 23.0 Å². The molecule has 0 spiro atoms. The lowest BCUT2D eigenvalue weighted by molar-refractivity contribution is 0.398. The van der Waals surface area contributed by atoms with Crippen LogP contribution < -0.4 is 5.73 Å². The maximum Gasteiger partial charge on any atom is 0.243 e. The first-order chi connectivity index (χ1) is 9.84. The van der Waals surface area contributed by atoms with Crippen LogP contribution in [0.15, 0.2) is 44.3 Å². The number of aryl methyl sites for hydroxylation is 1. The van der Waals surface area contributed by atoms with E-state index >= 15 is 0 Å². The van der Waals surface area contributed by atoms with E-state index in [1.54, 1.807) is 24.3 Å². The van der Waals surface area contributed by atoms with Gasteiger partial charge in [0, 0.05) is 12.7 Å². The molecule has 0 radical (unpaired) electrons. The van der Waals surface area contributed by atoms with Crippen molar-refractivity contribution >= 4 is 31.6 Å². The van der Waals surface area contributed by atoms with Gasteiger partial charge in [-0.1, -0.05) is 13.0 Å². The molecule has 0 unspecified atom stereocenters. The summed E-state index contributed by atoms with van der Waals surface area (Å²) in [6.07, 6.45) is 0.620. The van der Waals surface area contributed by atoms with Crippen molar-refractivity contribution in [3.63, 3.8) is 0 Å². The van der Waals surface area contributed by atoms with E-state index < -0.39 is 10.0 Å². The van der Waals surface area contributed by atoms with Crippen molar-refractivity contribution in [2.24, 2.45) is 0 Å². The predicted molar refractivity (Wildman–Crippen MR) is 85.3 cm³/mol. The summed E-state index contributed by atoms with van der Waals surface area (Å²) in [6.45, 7) is 2.07. The van der Waals surface area contributed by atoms with Crippen molar-refractivity contribution < 1.29 is 12.8 Å². The molecule has 0 saturated carbocycles. The maximum atomic E-state index is 12.7. The maximum absolute atomic E-state index is 12.7. The molecule has 1 heterocycles. The normalized spacial score (nSPS) is 12.0. The minimum atomic E-state index is -3.62. The van der Waals surface area contributed by atoms with Gasteiger partial charge in [-0.2, -0.15) is 4.31 Å². The van der Waals surface area contributed by atoms with E-state index in [-0.39, 0.29) is 11.4 Å². The van der Waals surface area contributed by atoms with Crippen LogP contribution in [0.25, 0.3) is 0 Å². The third kappa shape index (κ3) is 3.48. The number of halogens is 1. The van der Waals surface area contributed by atoms with Gasteiger partial charge in [-0.25, -0.2) is 8.42 Å². The van der Waals surface area contributed by atoms with Crippen molar-refractivity contribution in [2.75, 3.05) is 12.8 Å². The van der Waals surface area contributed by atoms with Gasteiger partial charge in [0.1, 0.15) is 5.76 Å². The third-order valence-electron chi connectivity index (χ3n) is 3.17. The highest BCUT2D eigenvalue weighted by atomic mass is 79.9. The first-order valence-corrected chi connectivity index (χ1v) is 8.67. The Balaban J connectivity index is 2.35. The Hall–Kier alpha value is -1.31. The molecule has 21 heavy (non-hydrogen) atoms. The summed E-state index contributed by atoms with van der Waals surface area (Å²) in [7, 11) is -2.09. The number of anilines is 1. The van der Waals surface area contributed by atoms with Crippen LogP contribution in [0.3, 0.4) is 0 Å². The van der Waals surface area contributed by atoms with Crippen LogP contribution in [0.2, 0.25) is 0 Å². The molecule has 0 atom stereocenters. The first kappa shape index (κ1) is 16.1. The largest absolute Gasteiger partial charge is 0.453 e. The van der Waals surface area contributed by atoms with Gasteiger partial charge in [-0.15, -0.1) is 0 Å². The Kier molecular flexibility index (Phi) is 4.75. The monoisotopic (exact) mass is 372 g/mol. The molecule has 114 valence electrons. The molecule has 0 fully saturated rings. The van der Waals surface area contributed by atoms with Crippen LogP contribution in [0.5, 0.6) is 0 Å². The molecule has 2 N–H and O–H groups in total. The third-order valence-corrected chi connectivity index (χ3v) is 5.48. The van der Waals surface area contributed by atoms with Crippen LogP contribution in [0.1, 0.15) is 18.2 Å². The van der Waals surface area contributed by atoms with Gasteiger partial charge in [0.25, 0.3) is 0 Å². The molecule has 0 bridgehead atoms. The number of hydrogen-bond acceptors (Lipinski definition) is 4. The molecular formula is C14H17BrN2O3S. The molecule has 0 amide bonds. The zero-order valence-electron chi connectivity index (χ0n) is 11.8. The number of sulfonamides is 1. The SMILES string of the molecule is CCc1ccc(N)cc1S(=O)(=O)N(C)Cc1ccc(Br)o1. The van der Waals surface area contributed by atoms with E-state index in [1.165, 1.54) is 17.4 Å². The summed E-state index contributed by atoms with van der Waals surface area (Å²) in [5, 5.41) is 0. The summed E-state index contributed by atoms with van der Waals surface area (Å²) < 4.78 is 32.6. The molecule has 1 aromatic carbocycles. The van der Waals surface area contributed by atoms with Crippen LogP contribution in [0, 0.1) is 0 Å². The molecule has 0 aliphatic heterocycles. The first-order valence-electron chi connectivity index (χ1n) is 6.43. The summed E-state index contributed by atoms with van der Waals surface area (Å²) >= 11 is 3.20. The lowest BCUT2D eigenvalue weighted by Gasteiger charge is -2.18. The molecule has 0 saturated heterocycles. The van der Waals surface area contributed by atoms with Crippen molar-refractivity contribution in [1.29, 1.82) is 0 Å².